The number of ether oxygens (including phenoxy) is 2. The Bertz CT molecular complexity index is 1190. The van der Waals surface area contributed by atoms with E-state index >= 15 is 0 Å². The summed E-state index contributed by atoms with van der Waals surface area (Å²) in [6.45, 7) is 4.49. The van der Waals surface area contributed by atoms with E-state index in [0.717, 1.165) is 46.0 Å². The largest absolute Gasteiger partial charge is 0.493 e. The molecule has 0 spiro atoms. The highest BCUT2D eigenvalue weighted by Gasteiger charge is 2.31. The number of fused-ring (bicyclic) bond motifs is 1. The van der Waals surface area contributed by atoms with Crippen LogP contribution in [0.3, 0.4) is 0 Å². The molecule has 2 aliphatic rings. The summed E-state index contributed by atoms with van der Waals surface area (Å²) < 4.78 is 11.6. The van der Waals surface area contributed by atoms with Gasteiger partial charge in [0.1, 0.15) is 0 Å². The van der Waals surface area contributed by atoms with Crippen molar-refractivity contribution in [3.05, 3.63) is 63.5 Å². The van der Waals surface area contributed by atoms with Crippen LogP contribution in [-0.4, -0.2) is 38.8 Å². The number of halogens is 1. The van der Waals surface area contributed by atoms with Crippen LogP contribution in [0.25, 0.3) is 10.4 Å². The Morgan fingerprint density at radius 3 is 2.71 bits per heavy atom. The standard InChI is InChI=1S/C27H29ClN2O3S/c1-17-22-11-14-30(27(31)26(22)34-25(17)18-5-7-19(28)8-6-18)21-9-10-23(24(16-21)32-2)33-15-12-20-4-3-13-29-20/h5-10,16,20,29H,3-4,11-15H2,1-2H3. The van der Waals surface area contributed by atoms with Gasteiger partial charge in [-0.05, 0) is 80.1 Å². The lowest BCUT2D eigenvalue weighted by molar-refractivity contribution is 0.0985. The summed E-state index contributed by atoms with van der Waals surface area (Å²) in [5, 5.41) is 4.20. The van der Waals surface area contributed by atoms with Gasteiger partial charge in [0.25, 0.3) is 5.91 Å². The predicted molar refractivity (Wildman–Crippen MR) is 139 cm³/mol. The second-order valence-electron chi connectivity index (χ2n) is 8.84. The fraction of sp³-hybridized carbons (Fsp3) is 0.370. The molecule has 1 aromatic heterocycles. The van der Waals surface area contributed by atoms with E-state index in [9.17, 15) is 4.79 Å². The molecule has 1 atom stereocenters. The van der Waals surface area contributed by atoms with Gasteiger partial charge in [-0.25, -0.2) is 0 Å². The average molecular weight is 497 g/mol. The third-order valence-electron chi connectivity index (χ3n) is 6.75. The van der Waals surface area contributed by atoms with Gasteiger partial charge in [-0.2, -0.15) is 0 Å². The number of carbonyl (C=O) groups is 1. The molecule has 7 heteroatoms. The zero-order valence-corrected chi connectivity index (χ0v) is 21.1. The molecule has 2 aliphatic heterocycles. The van der Waals surface area contributed by atoms with Gasteiger partial charge in [-0.1, -0.05) is 23.7 Å². The molecule has 3 aromatic rings. The van der Waals surface area contributed by atoms with Crippen molar-refractivity contribution in [2.45, 2.75) is 38.6 Å². The highest BCUT2D eigenvalue weighted by Crippen LogP contribution is 2.41. The van der Waals surface area contributed by atoms with Gasteiger partial charge in [-0.15, -0.1) is 11.3 Å². The van der Waals surface area contributed by atoms with Gasteiger partial charge < -0.3 is 19.7 Å². The second-order valence-corrected chi connectivity index (χ2v) is 10.3. The van der Waals surface area contributed by atoms with Crippen molar-refractivity contribution in [3.8, 4) is 21.9 Å². The Kier molecular flexibility index (Phi) is 6.82. The molecule has 1 amide bonds. The first kappa shape index (κ1) is 23.2. The molecule has 0 radical (unpaired) electrons. The van der Waals surface area contributed by atoms with E-state index in [1.807, 2.05) is 47.4 Å². The van der Waals surface area contributed by atoms with Crippen LogP contribution in [0.4, 0.5) is 5.69 Å². The van der Waals surface area contributed by atoms with Gasteiger partial charge >= 0.3 is 0 Å². The normalized spacial score (nSPS) is 17.7. The Hall–Kier alpha value is -2.54. The fourth-order valence-corrected chi connectivity index (χ4v) is 6.29. The highest BCUT2D eigenvalue weighted by atomic mass is 35.5. The summed E-state index contributed by atoms with van der Waals surface area (Å²) in [7, 11) is 1.64. The zero-order chi connectivity index (χ0) is 23.7. The van der Waals surface area contributed by atoms with Crippen molar-refractivity contribution in [1.82, 2.24) is 5.32 Å². The molecule has 0 bridgehead atoms. The molecule has 34 heavy (non-hydrogen) atoms. The third-order valence-corrected chi connectivity index (χ3v) is 8.37. The predicted octanol–water partition coefficient (Wildman–Crippen LogP) is 6.11. The van der Waals surface area contributed by atoms with Crippen LogP contribution in [0.2, 0.25) is 5.02 Å². The summed E-state index contributed by atoms with van der Waals surface area (Å²) >= 11 is 7.63. The molecule has 1 fully saturated rings. The summed E-state index contributed by atoms with van der Waals surface area (Å²) in [4.78, 5) is 17.3. The van der Waals surface area contributed by atoms with E-state index in [-0.39, 0.29) is 5.91 Å². The van der Waals surface area contributed by atoms with Crippen LogP contribution in [0, 0.1) is 6.92 Å². The number of nitrogens with zero attached hydrogens (tertiary/aromatic N) is 1. The number of amides is 1. The summed E-state index contributed by atoms with van der Waals surface area (Å²) in [6.07, 6.45) is 4.25. The minimum Gasteiger partial charge on any atom is -0.493 e. The van der Waals surface area contributed by atoms with Crippen molar-refractivity contribution < 1.29 is 14.3 Å². The van der Waals surface area contributed by atoms with Crippen LogP contribution in [-0.2, 0) is 6.42 Å². The summed E-state index contributed by atoms with van der Waals surface area (Å²) in [5.74, 6) is 1.41. The zero-order valence-electron chi connectivity index (χ0n) is 19.5. The minimum atomic E-state index is 0.0394. The van der Waals surface area contributed by atoms with Crippen LogP contribution in [0.5, 0.6) is 11.5 Å². The Labute approximate surface area is 209 Å². The van der Waals surface area contributed by atoms with E-state index in [2.05, 4.69) is 12.2 Å². The number of anilines is 1. The van der Waals surface area contributed by atoms with Gasteiger partial charge in [0, 0.05) is 34.2 Å². The number of carbonyl (C=O) groups excluding carboxylic acids is 1. The maximum atomic E-state index is 13.5. The van der Waals surface area contributed by atoms with Crippen molar-refractivity contribution >= 4 is 34.5 Å². The van der Waals surface area contributed by atoms with Crippen LogP contribution < -0.4 is 19.7 Å². The smallest absolute Gasteiger partial charge is 0.268 e. The summed E-state index contributed by atoms with van der Waals surface area (Å²) in [6, 6.07) is 14.1. The molecule has 3 heterocycles. The van der Waals surface area contributed by atoms with Gasteiger partial charge in [-0.3, -0.25) is 4.79 Å². The monoisotopic (exact) mass is 496 g/mol. The Morgan fingerprint density at radius 2 is 1.97 bits per heavy atom. The minimum absolute atomic E-state index is 0.0394. The molecule has 5 rings (SSSR count). The molecule has 1 saturated heterocycles. The first-order chi connectivity index (χ1) is 16.5. The molecule has 2 aromatic carbocycles. The van der Waals surface area contributed by atoms with E-state index in [1.54, 1.807) is 18.4 Å². The van der Waals surface area contributed by atoms with Gasteiger partial charge in [0.15, 0.2) is 11.5 Å². The number of hydrogen-bond acceptors (Lipinski definition) is 5. The van der Waals surface area contributed by atoms with Crippen molar-refractivity contribution in [1.29, 1.82) is 0 Å². The molecule has 0 aliphatic carbocycles. The van der Waals surface area contributed by atoms with Crippen LogP contribution in [0.1, 0.15) is 40.1 Å². The SMILES string of the molecule is COc1cc(N2CCc3c(sc(-c4ccc(Cl)cc4)c3C)C2=O)ccc1OCCC1CCCN1. The van der Waals surface area contributed by atoms with E-state index in [1.165, 1.54) is 18.4 Å². The van der Waals surface area contributed by atoms with E-state index in [0.29, 0.717) is 35.7 Å². The molecule has 1 N–H and O–H groups in total. The lowest BCUT2D eigenvalue weighted by atomic mass is 9.99. The summed E-state index contributed by atoms with van der Waals surface area (Å²) in [5.41, 5.74) is 4.27. The molecule has 1 unspecified atom stereocenters. The number of thiophene rings is 1. The van der Waals surface area contributed by atoms with Crippen LogP contribution in [0.15, 0.2) is 42.5 Å². The topological polar surface area (TPSA) is 50.8 Å². The molecular weight excluding hydrogens is 468 g/mol. The van der Waals surface area contributed by atoms with E-state index < -0.39 is 0 Å². The number of nitrogens with one attached hydrogen (secondary N) is 1. The van der Waals surface area contributed by atoms with Gasteiger partial charge in [0.05, 0.1) is 18.6 Å². The molecular formula is C27H29ClN2O3S. The molecule has 178 valence electrons. The van der Waals surface area contributed by atoms with Crippen molar-refractivity contribution in [2.24, 2.45) is 0 Å². The van der Waals surface area contributed by atoms with Crippen molar-refractivity contribution in [3.63, 3.8) is 0 Å². The first-order valence-electron chi connectivity index (χ1n) is 11.8. The lowest BCUT2D eigenvalue weighted by Crippen LogP contribution is -2.36. The maximum absolute atomic E-state index is 13.5. The van der Waals surface area contributed by atoms with Crippen LogP contribution >= 0.6 is 22.9 Å². The number of methoxy groups -OCH3 is 1. The van der Waals surface area contributed by atoms with Gasteiger partial charge in [0.2, 0.25) is 0 Å². The number of benzene rings is 2. The lowest BCUT2D eigenvalue weighted by Gasteiger charge is -2.27. The highest BCUT2D eigenvalue weighted by molar-refractivity contribution is 7.18. The number of rotatable bonds is 7. The Balaban J connectivity index is 1.34. The van der Waals surface area contributed by atoms with E-state index in [4.69, 9.17) is 21.1 Å². The fourth-order valence-electron chi connectivity index (χ4n) is 4.85. The maximum Gasteiger partial charge on any atom is 0.268 e. The average Bonchev–Trinajstić information content (AvgIpc) is 3.49. The molecule has 5 nitrogen and oxygen atoms in total. The number of hydrogen-bond donors (Lipinski definition) is 1. The quantitative estimate of drug-likeness (QED) is 0.428. The third kappa shape index (κ3) is 4.54. The molecule has 0 saturated carbocycles. The first-order valence-corrected chi connectivity index (χ1v) is 13.0. The van der Waals surface area contributed by atoms with Crippen molar-refractivity contribution in [2.75, 3.05) is 31.7 Å². The Morgan fingerprint density at radius 1 is 1.15 bits per heavy atom. The second kappa shape index (κ2) is 9.98.